The quantitative estimate of drug-likeness (QED) is 0.645. The molecule has 2 aromatic carbocycles. The van der Waals surface area contributed by atoms with Crippen molar-refractivity contribution in [3.63, 3.8) is 0 Å². The standard InChI is InChI=1S/C16H14N2O6/c1-2-18-14(20)9-7-5-3-4-6-8(7)10(15(21)22)12(16(23)24)11(9)13(17)19/h3-6H,2H2,1H3,(H2,17,19)(H,18,20)(H,21,22)(H,23,24). The molecule has 2 amide bonds. The third-order valence-corrected chi connectivity index (χ3v) is 3.45. The first kappa shape index (κ1) is 16.9. The van der Waals surface area contributed by atoms with E-state index in [0.717, 1.165) is 0 Å². The molecule has 0 spiro atoms. The van der Waals surface area contributed by atoms with Crippen molar-refractivity contribution in [3.05, 3.63) is 46.5 Å². The highest BCUT2D eigenvalue weighted by molar-refractivity contribution is 6.25. The Balaban J connectivity index is 3.15. The third-order valence-electron chi connectivity index (χ3n) is 3.45. The molecule has 0 bridgehead atoms. The van der Waals surface area contributed by atoms with E-state index >= 15 is 0 Å². The van der Waals surface area contributed by atoms with Gasteiger partial charge < -0.3 is 21.3 Å². The van der Waals surface area contributed by atoms with E-state index in [-0.39, 0.29) is 22.9 Å². The number of aromatic carboxylic acids is 2. The maximum absolute atomic E-state index is 12.4. The molecule has 24 heavy (non-hydrogen) atoms. The van der Waals surface area contributed by atoms with E-state index in [1.165, 1.54) is 18.2 Å². The SMILES string of the molecule is CCNC(=O)c1c(C(N)=O)c(C(=O)O)c(C(=O)O)c2ccccc12. The number of carbonyl (C=O) groups excluding carboxylic acids is 2. The number of rotatable bonds is 5. The molecule has 2 aromatic rings. The average Bonchev–Trinajstić information content (AvgIpc) is 2.51. The van der Waals surface area contributed by atoms with Crippen LogP contribution in [-0.4, -0.2) is 40.5 Å². The molecule has 0 fully saturated rings. The lowest BCUT2D eigenvalue weighted by Crippen LogP contribution is -2.30. The molecule has 0 heterocycles. The fraction of sp³-hybridized carbons (Fsp3) is 0.125. The van der Waals surface area contributed by atoms with E-state index in [9.17, 15) is 29.4 Å². The summed E-state index contributed by atoms with van der Waals surface area (Å²) in [5.74, 6) is -5.09. The van der Waals surface area contributed by atoms with Gasteiger partial charge in [-0.2, -0.15) is 0 Å². The summed E-state index contributed by atoms with van der Waals surface area (Å²) in [6.07, 6.45) is 0. The van der Waals surface area contributed by atoms with E-state index in [1.807, 2.05) is 0 Å². The van der Waals surface area contributed by atoms with Crippen LogP contribution in [0.1, 0.15) is 48.4 Å². The molecule has 0 aromatic heterocycles. The number of carboxylic acid groups (broad SMARTS) is 2. The number of carbonyl (C=O) groups is 4. The Hall–Kier alpha value is -3.42. The Labute approximate surface area is 135 Å². The van der Waals surface area contributed by atoms with Gasteiger partial charge >= 0.3 is 11.9 Å². The minimum absolute atomic E-state index is 0.0358. The molecule has 124 valence electrons. The van der Waals surface area contributed by atoms with Gasteiger partial charge in [0.25, 0.3) is 5.91 Å². The normalized spacial score (nSPS) is 10.4. The molecule has 0 saturated heterocycles. The second-order valence-electron chi connectivity index (χ2n) is 4.88. The highest BCUT2D eigenvalue weighted by Gasteiger charge is 2.32. The third kappa shape index (κ3) is 2.65. The zero-order valence-electron chi connectivity index (χ0n) is 12.6. The van der Waals surface area contributed by atoms with Crippen molar-refractivity contribution >= 4 is 34.5 Å². The summed E-state index contributed by atoms with van der Waals surface area (Å²) in [5.41, 5.74) is 3.02. The molecule has 8 heteroatoms. The first-order valence-corrected chi connectivity index (χ1v) is 6.94. The van der Waals surface area contributed by atoms with Gasteiger partial charge in [-0.25, -0.2) is 9.59 Å². The number of amides is 2. The van der Waals surface area contributed by atoms with Gasteiger partial charge in [-0.15, -0.1) is 0 Å². The zero-order chi connectivity index (χ0) is 18.0. The molecule has 0 atom stereocenters. The molecule has 0 aliphatic rings. The maximum Gasteiger partial charge on any atom is 0.337 e. The van der Waals surface area contributed by atoms with Crippen LogP contribution in [0.2, 0.25) is 0 Å². The Morgan fingerprint density at radius 3 is 1.83 bits per heavy atom. The molecule has 2 rings (SSSR count). The van der Waals surface area contributed by atoms with Crippen LogP contribution in [0.4, 0.5) is 0 Å². The number of carboxylic acids is 2. The average molecular weight is 330 g/mol. The van der Waals surface area contributed by atoms with Crippen LogP contribution in [-0.2, 0) is 0 Å². The number of hydrogen-bond donors (Lipinski definition) is 4. The van der Waals surface area contributed by atoms with E-state index < -0.39 is 40.4 Å². The lowest BCUT2D eigenvalue weighted by Gasteiger charge is -2.16. The van der Waals surface area contributed by atoms with Crippen molar-refractivity contribution in [2.45, 2.75) is 6.92 Å². The van der Waals surface area contributed by atoms with Crippen molar-refractivity contribution < 1.29 is 29.4 Å². The monoisotopic (exact) mass is 330 g/mol. The molecule has 0 saturated carbocycles. The van der Waals surface area contributed by atoms with Gasteiger partial charge in [0.2, 0.25) is 5.91 Å². The summed E-state index contributed by atoms with van der Waals surface area (Å²) in [4.78, 5) is 47.5. The van der Waals surface area contributed by atoms with Gasteiger partial charge in [0.1, 0.15) is 0 Å². The number of benzene rings is 2. The molecular formula is C16H14N2O6. The second kappa shape index (κ2) is 6.37. The second-order valence-corrected chi connectivity index (χ2v) is 4.88. The summed E-state index contributed by atoms with van der Waals surface area (Å²) in [6.45, 7) is 1.88. The first-order chi connectivity index (χ1) is 11.3. The van der Waals surface area contributed by atoms with Crippen LogP contribution in [0, 0.1) is 0 Å². The summed E-state index contributed by atoms with van der Waals surface area (Å²) in [7, 11) is 0. The van der Waals surface area contributed by atoms with Gasteiger partial charge in [-0.3, -0.25) is 9.59 Å². The van der Waals surface area contributed by atoms with Gasteiger partial charge in [-0.1, -0.05) is 24.3 Å². The molecule has 8 nitrogen and oxygen atoms in total. The van der Waals surface area contributed by atoms with Crippen molar-refractivity contribution in [2.75, 3.05) is 6.54 Å². The van der Waals surface area contributed by atoms with Gasteiger partial charge in [0.15, 0.2) is 0 Å². The predicted octanol–water partition coefficient (Wildman–Crippen LogP) is 1.08. The number of primary amides is 1. The summed E-state index contributed by atoms with van der Waals surface area (Å²) in [5, 5.41) is 21.5. The fourth-order valence-electron chi connectivity index (χ4n) is 2.61. The van der Waals surface area contributed by atoms with Crippen molar-refractivity contribution in [1.82, 2.24) is 5.32 Å². The Morgan fingerprint density at radius 1 is 0.917 bits per heavy atom. The Morgan fingerprint density at radius 2 is 1.42 bits per heavy atom. The van der Waals surface area contributed by atoms with Crippen LogP contribution in [0.5, 0.6) is 0 Å². The molecular weight excluding hydrogens is 316 g/mol. The maximum atomic E-state index is 12.4. The highest BCUT2D eigenvalue weighted by atomic mass is 16.4. The van der Waals surface area contributed by atoms with Gasteiger partial charge in [0, 0.05) is 6.54 Å². The number of fused-ring (bicyclic) bond motifs is 1. The van der Waals surface area contributed by atoms with Crippen LogP contribution in [0.25, 0.3) is 10.8 Å². The van der Waals surface area contributed by atoms with E-state index in [1.54, 1.807) is 13.0 Å². The number of nitrogens with one attached hydrogen (secondary N) is 1. The van der Waals surface area contributed by atoms with E-state index in [2.05, 4.69) is 5.32 Å². The minimum atomic E-state index is -1.66. The lowest BCUT2D eigenvalue weighted by atomic mass is 9.88. The summed E-state index contributed by atoms with van der Waals surface area (Å²) < 4.78 is 0. The van der Waals surface area contributed by atoms with Gasteiger partial charge in [-0.05, 0) is 17.7 Å². The zero-order valence-corrected chi connectivity index (χ0v) is 12.6. The van der Waals surface area contributed by atoms with Gasteiger partial charge in [0.05, 0.1) is 22.3 Å². The fourth-order valence-corrected chi connectivity index (χ4v) is 2.61. The largest absolute Gasteiger partial charge is 0.478 e. The van der Waals surface area contributed by atoms with E-state index in [0.29, 0.717) is 0 Å². The van der Waals surface area contributed by atoms with Crippen LogP contribution < -0.4 is 11.1 Å². The number of hydrogen-bond acceptors (Lipinski definition) is 4. The molecule has 0 aliphatic carbocycles. The molecule has 5 N–H and O–H groups in total. The minimum Gasteiger partial charge on any atom is -0.478 e. The smallest absolute Gasteiger partial charge is 0.337 e. The Kier molecular flexibility index (Phi) is 4.50. The van der Waals surface area contributed by atoms with Crippen molar-refractivity contribution in [1.29, 1.82) is 0 Å². The topological polar surface area (TPSA) is 147 Å². The van der Waals surface area contributed by atoms with Crippen LogP contribution in [0.15, 0.2) is 24.3 Å². The number of nitrogens with two attached hydrogens (primary N) is 1. The lowest BCUT2D eigenvalue weighted by molar-refractivity contribution is 0.0651. The highest BCUT2D eigenvalue weighted by Crippen LogP contribution is 2.31. The molecule has 0 radical (unpaired) electrons. The molecule has 0 unspecified atom stereocenters. The predicted molar refractivity (Wildman–Crippen MR) is 84.4 cm³/mol. The van der Waals surface area contributed by atoms with E-state index in [4.69, 9.17) is 5.73 Å². The van der Waals surface area contributed by atoms with Crippen molar-refractivity contribution in [3.8, 4) is 0 Å². The van der Waals surface area contributed by atoms with Crippen molar-refractivity contribution in [2.24, 2.45) is 5.73 Å². The first-order valence-electron chi connectivity index (χ1n) is 6.94. The summed E-state index contributed by atoms with van der Waals surface area (Å²) >= 11 is 0. The molecule has 0 aliphatic heterocycles. The van der Waals surface area contributed by atoms with Crippen LogP contribution >= 0.6 is 0 Å². The summed E-state index contributed by atoms with van der Waals surface area (Å²) in [6, 6.07) is 5.86. The Bertz CT molecular complexity index is 888. The van der Waals surface area contributed by atoms with Crippen LogP contribution in [0.3, 0.4) is 0 Å².